The molecule has 222 valence electrons. The van der Waals surface area contributed by atoms with E-state index >= 15 is 0 Å². The number of aryl methyl sites for hydroxylation is 1. The maximum absolute atomic E-state index is 2.42. The Morgan fingerprint density at radius 3 is 2.30 bits per heavy atom. The van der Waals surface area contributed by atoms with Crippen LogP contribution >= 0.6 is 0 Å². The molecule has 2 heteroatoms. The van der Waals surface area contributed by atoms with E-state index in [1.54, 1.807) is 0 Å². The van der Waals surface area contributed by atoms with Crippen LogP contribution in [0.3, 0.4) is 0 Å². The first-order valence-corrected chi connectivity index (χ1v) is 16.2. The summed E-state index contributed by atoms with van der Waals surface area (Å²) >= 11 is 0. The topological polar surface area (TPSA) is 7.12 Å². The molecule has 44 heavy (non-hydrogen) atoms. The molecule has 1 atom stereocenters. The summed E-state index contributed by atoms with van der Waals surface area (Å²) in [4.78, 5) is 2.42. The van der Waals surface area contributed by atoms with E-state index in [0.717, 1.165) is 25.9 Å². The number of hydrogen-bond acceptors (Lipinski definition) is 1. The van der Waals surface area contributed by atoms with Gasteiger partial charge in [0.1, 0.15) is 6.54 Å². The number of fused-ring (bicyclic) bond motifs is 2. The maximum Gasteiger partial charge on any atom is 0.212 e. The second-order valence-electron chi connectivity index (χ2n) is 13.1. The summed E-state index contributed by atoms with van der Waals surface area (Å²) in [6, 6.07) is 32.9. The number of allylic oxidation sites excluding steroid dienone is 7. The molecule has 2 aliphatic rings. The molecule has 4 aromatic rings. The van der Waals surface area contributed by atoms with Gasteiger partial charge in [-0.15, -0.1) is 0 Å². The first kappa shape index (κ1) is 29.6. The van der Waals surface area contributed by atoms with Gasteiger partial charge in [0, 0.05) is 41.5 Å². The molecule has 1 aromatic heterocycles. The van der Waals surface area contributed by atoms with Gasteiger partial charge < -0.3 is 4.90 Å². The van der Waals surface area contributed by atoms with E-state index in [2.05, 4.69) is 172 Å². The average molecular weight is 578 g/mol. The van der Waals surface area contributed by atoms with Gasteiger partial charge in [0.05, 0.1) is 0 Å². The van der Waals surface area contributed by atoms with Crippen molar-refractivity contribution in [1.82, 2.24) is 0 Å². The number of benzene rings is 3. The van der Waals surface area contributed by atoms with E-state index in [4.69, 9.17) is 0 Å². The lowest BCUT2D eigenvalue weighted by Crippen LogP contribution is -2.36. The van der Waals surface area contributed by atoms with Gasteiger partial charge >= 0.3 is 0 Å². The van der Waals surface area contributed by atoms with Crippen LogP contribution in [0.4, 0.5) is 5.69 Å². The molecule has 0 saturated carbocycles. The van der Waals surface area contributed by atoms with Crippen LogP contribution in [0.25, 0.3) is 28.6 Å². The normalized spacial score (nSPS) is 19.0. The number of anilines is 1. The molecule has 0 bridgehead atoms. The minimum Gasteiger partial charge on any atom is -0.341 e. The van der Waals surface area contributed by atoms with Gasteiger partial charge in [-0.1, -0.05) is 99.7 Å². The van der Waals surface area contributed by atoms with Crippen molar-refractivity contribution in [1.29, 1.82) is 0 Å². The predicted molar refractivity (Wildman–Crippen MR) is 189 cm³/mol. The lowest BCUT2D eigenvalue weighted by atomic mass is 9.68. The molecule has 0 radical (unpaired) electrons. The molecule has 0 spiro atoms. The zero-order chi connectivity index (χ0) is 30.7. The second kappa shape index (κ2) is 12.7. The monoisotopic (exact) mass is 577 g/mol. The van der Waals surface area contributed by atoms with E-state index in [1.165, 1.54) is 55.8 Å². The molecule has 2 heterocycles. The van der Waals surface area contributed by atoms with Gasteiger partial charge in [0.15, 0.2) is 0 Å². The summed E-state index contributed by atoms with van der Waals surface area (Å²) in [5, 5.41) is 1.28. The fourth-order valence-electron chi connectivity index (χ4n) is 6.83. The van der Waals surface area contributed by atoms with Crippen LogP contribution in [-0.2, 0) is 6.54 Å². The molecule has 0 amide bonds. The summed E-state index contributed by atoms with van der Waals surface area (Å²) in [5.41, 5.74) is 12.0. The Morgan fingerprint density at radius 2 is 1.52 bits per heavy atom. The Hall–Kier alpha value is -4.43. The molecule has 3 aromatic carbocycles. The lowest BCUT2D eigenvalue weighted by molar-refractivity contribution is -0.669. The van der Waals surface area contributed by atoms with Crippen molar-refractivity contribution in [3.63, 3.8) is 0 Å². The standard InChI is InChI=1S/C42H45N2/c1-6-43-37(25-21-31-15-11-13-19-39(31)43)27-23-34-29-36(42(3,4)5)30-35(41(34)33-17-9-8-10-18-33)24-28-38-26-22-32-16-12-14-20-40(32)44(38)7-2/h8-28,36H,6-7,29-30H2,1-5H3/q+1. The van der Waals surface area contributed by atoms with E-state index in [-0.39, 0.29) is 5.41 Å². The summed E-state index contributed by atoms with van der Waals surface area (Å²) in [7, 11) is 0. The van der Waals surface area contributed by atoms with Crippen LogP contribution in [0, 0.1) is 11.3 Å². The van der Waals surface area contributed by atoms with Gasteiger partial charge in [-0.2, -0.15) is 4.57 Å². The van der Waals surface area contributed by atoms with Gasteiger partial charge in [-0.3, -0.25) is 0 Å². The first-order chi connectivity index (χ1) is 21.4. The largest absolute Gasteiger partial charge is 0.341 e. The Balaban J connectivity index is 1.49. The zero-order valence-corrected chi connectivity index (χ0v) is 26.9. The molecule has 6 rings (SSSR count). The smallest absolute Gasteiger partial charge is 0.212 e. The first-order valence-electron chi connectivity index (χ1n) is 16.2. The highest BCUT2D eigenvalue weighted by Gasteiger charge is 2.32. The van der Waals surface area contributed by atoms with Crippen molar-refractivity contribution in [3.8, 4) is 0 Å². The summed E-state index contributed by atoms with van der Waals surface area (Å²) in [6.07, 6.45) is 16.1. The third-order valence-electron chi connectivity index (χ3n) is 9.35. The number of para-hydroxylation sites is 2. The van der Waals surface area contributed by atoms with Crippen molar-refractivity contribution < 1.29 is 4.57 Å². The number of rotatable bonds is 6. The van der Waals surface area contributed by atoms with Gasteiger partial charge in [-0.25, -0.2) is 0 Å². The SMILES string of the molecule is CCN1/C(=C\C=C2\CC(C(C)(C)C)CC(/C=C/c3ccc4ccccc4[n+]3CC)=C2c2ccccc2)C=Cc2ccccc21. The van der Waals surface area contributed by atoms with Crippen LogP contribution in [-0.4, -0.2) is 6.54 Å². The van der Waals surface area contributed by atoms with E-state index in [9.17, 15) is 0 Å². The maximum atomic E-state index is 2.42. The highest BCUT2D eigenvalue weighted by atomic mass is 15.1. The quantitative estimate of drug-likeness (QED) is 0.207. The molecule has 1 unspecified atom stereocenters. The van der Waals surface area contributed by atoms with Gasteiger partial charge in [0.2, 0.25) is 11.2 Å². The van der Waals surface area contributed by atoms with E-state index < -0.39 is 0 Å². The predicted octanol–water partition coefficient (Wildman–Crippen LogP) is 10.4. The molecule has 0 N–H and O–H groups in total. The number of pyridine rings is 1. The van der Waals surface area contributed by atoms with Crippen LogP contribution in [0.5, 0.6) is 0 Å². The van der Waals surface area contributed by atoms with Crippen LogP contribution in [0.2, 0.25) is 0 Å². The summed E-state index contributed by atoms with van der Waals surface area (Å²) < 4.78 is 2.42. The Bertz CT molecular complexity index is 1810. The number of aromatic nitrogens is 1. The summed E-state index contributed by atoms with van der Waals surface area (Å²) in [6.45, 7) is 13.5. The highest BCUT2D eigenvalue weighted by Crippen LogP contribution is 2.46. The number of nitrogens with zero attached hydrogens (tertiary/aromatic N) is 2. The number of likely N-dealkylation sites (N-methyl/N-ethyl adjacent to an activating group) is 1. The van der Waals surface area contributed by atoms with Crippen LogP contribution < -0.4 is 9.47 Å². The third-order valence-corrected chi connectivity index (χ3v) is 9.35. The third kappa shape index (κ3) is 5.99. The minimum absolute atomic E-state index is 0.193. The Morgan fingerprint density at radius 1 is 0.773 bits per heavy atom. The Labute approximate surface area is 264 Å². The molecule has 1 aliphatic heterocycles. The Kier molecular flexibility index (Phi) is 8.53. The van der Waals surface area contributed by atoms with Crippen molar-refractivity contribution in [2.45, 2.75) is 54.0 Å². The molecule has 0 fully saturated rings. The second-order valence-corrected chi connectivity index (χ2v) is 13.1. The van der Waals surface area contributed by atoms with Crippen LogP contribution in [0.1, 0.15) is 64.3 Å². The van der Waals surface area contributed by atoms with E-state index in [0.29, 0.717) is 5.92 Å². The average Bonchev–Trinajstić information content (AvgIpc) is 3.05. The zero-order valence-electron chi connectivity index (χ0n) is 26.9. The van der Waals surface area contributed by atoms with Crippen molar-refractivity contribution in [2.24, 2.45) is 11.3 Å². The van der Waals surface area contributed by atoms with E-state index in [1.807, 2.05) is 0 Å². The van der Waals surface area contributed by atoms with Gasteiger partial charge in [-0.05, 0) is 96.2 Å². The highest BCUT2D eigenvalue weighted by molar-refractivity contribution is 5.86. The molecule has 2 nitrogen and oxygen atoms in total. The lowest BCUT2D eigenvalue weighted by Gasteiger charge is -2.37. The van der Waals surface area contributed by atoms with Crippen molar-refractivity contribution >= 4 is 34.3 Å². The van der Waals surface area contributed by atoms with Crippen molar-refractivity contribution in [2.75, 3.05) is 11.4 Å². The minimum atomic E-state index is 0.193. The number of hydrogen-bond donors (Lipinski definition) is 0. The molecular weight excluding hydrogens is 532 g/mol. The van der Waals surface area contributed by atoms with Crippen LogP contribution in [0.15, 0.2) is 132 Å². The van der Waals surface area contributed by atoms with Gasteiger partial charge in [0.25, 0.3) is 0 Å². The summed E-state index contributed by atoms with van der Waals surface area (Å²) in [5.74, 6) is 0.541. The molecule has 0 saturated heterocycles. The molecular formula is C42H45N2+. The fourth-order valence-corrected chi connectivity index (χ4v) is 6.83. The molecule has 1 aliphatic carbocycles. The van der Waals surface area contributed by atoms with Crippen molar-refractivity contribution in [3.05, 3.63) is 149 Å². The fraction of sp³-hybridized carbons (Fsp3) is 0.262.